The number of carbonyl (C=O) groups is 1. The molecule has 0 bridgehead atoms. The summed E-state index contributed by atoms with van der Waals surface area (Å²) in [5, 5.41) is 3.83. The first-order valence-corrected chi connectivity index (χ1v) is 9.54. The van der Waals surface area contributed by atoms with Gasteiger partial charge in [-0.1, -0.05) is 26.0 Å². The molecule has 4 nitrogen and oxygen atoms in total. The van der Waals surface area contributed by atoms with Crippen molar-refractivity contribution in [3.05, 3.63) is 12.2 Å². The van der Waals surface area contributed by atoms with Gasteiger partial charge in [0.25, 0.3) is 0 Å². The summed E-state index contributed by atoms with van der Waals surface area (Å²) in [5.74, 6) is 1.69. The highest BCUT2D eigenvalue weighted by Gasteiger charge is 2.28. The zero-order valence-corrected chi connectivity index (χ0v) is 15.1. The van der Waals surface area contributed by atoms with Crippen LogP contribution in [-0.2, 0) is 0 Å². The van der Waals surface area contributed by atoms with Crippen LogP contribution in [0.25, 0.3) is 0 Å². The lowest BCUT2D eigenvalue weighted by atomic mass is 10.0. The summed E-state index contributed by atoms with van der Waals surface area (Å²) in [6.07, 6.45) is 2.10. The van der Waals surface area contributed by atoms with E-state index in [0.29, 0.717) is 17.2 Å². The lowest BCUT2D eigenvalue weighted by Crippen LogP contribution is -2.52. The highest BCUT2D eigenvalue weighted by Crippen LogP contribution is 2.25. The molecule has 0 aromatic carbocycles. The standard InChI is InChI=1S/C17H31N3OS/c1-13(2)11-19-7-5-15(6-8-19)18-17(21)20-9-10-22-16(12-20)14(3)4/h14-16H,1,5-12H2,2-4H3,(H,18,21). The maximum absolute atomic E-state index is 12.5. The van der Waals surface area contributed by atoms with Gasteiger partial charge in [-0.15, -0.1) is 0 Å². The number of hydrogen-bond donors (Lipinski definition) is 1. The molecule has 1 atom stereocenters. The van der Waals surface area contributed by atoms with Crippen LogP contribution in [-0.4, -0.2) is 65.6 Å². The molecule has 0 aliphatic carbocycles. The van der Waals surface area contributed by atoms with Crippen molar-refractivity contribution in [2.45, 2.75) is 44.9 Å². The maximum Gasteiger partial charge on any atom is 0.317 e. The maximum atomic E-state index is 12.5. The minimum atomic E-state index is 0.143. The Balaban J connectivity index is 1.74. The molecule has 5 heteroatoms. The minimum absolute atomic E-state index is 0.143. The van der Waals surface area contributed by atoms with Crippen LogP contribution in [0.4, 0.5) is 4.79 Å². The Morgan fingerprint density at radius 2 is 2.00 bits per heavy atom. The third-order valence-corrected chi connectivity index (χ3v) is 6.07. The number of urea groups is 1. The SMILES string of the molecule is C=C(C)CN1CCC(NC(=O)N2CCSC(C(C)C)C2)CC1. The Morgan fingerprint density at radius 3 is 2.59 bits per heavy atom. The van der Waals surface area contributed by atoms with Crippen molar-refractivity contribution in [3.8, 4) is 0 Å². The first kappa shape index (κ1) is 17.7. The van der Waals surface area contributed by atoms with Gasteiger partial charge in [0.2, 0.25) is 0 Å². The number of piperidine rings is 1. The summed E-state index contributed by atoms with van der Waals surface area (Å²) in [7, 11) is 0. The van der Waals surface area contributed by atoms with Gasteiger partial charge < -0.3 is 10.2 Å². The molecule has 2 amide bonds. The molecule has 1 N–H and O–H groups in total. The van der Waals surface area contributed by atoms with Gasteiger partial charge in [-0.05, 0) is 25.7 Å². The highest BCUT2D eigenvalue weighted by molar-refractivity contribution is 8.00. The van der Waals surface area contributed by atoms with Crippen molar-refractivity contribution in [2.24, 2.45) is 5.92 Å². The number of nitrogens with one attached hydrogen (secondary N) is 1. The predicted molar refractivity (Wildman–Crippen MR) is 95.5 cm³/mol. The Kier molecular flexibility index (Phi) is 6.63. The van der Waals surface area contributed by atoms with Crippen LogP contribution < -0.4 is 5.32 Å². The van der Waals surface area contributed by atoms with Crippen LogP contribution in [0.5, 0.6) is 0 Å². The second kappa shape index (κ2) is 8.25. The molecule has 0 aromatic rings. The van der Waals surface area contributed by atoms with E-state index in [4.69, 9.17) is 0 Å². The fraction of sp³-hybridized carbons (Fsp3) is 0.824. The molecular weight excluding hydrogens is 294 g/mol. The summed E-state index contributed by atoms with van der Waals surface area (Å²) < 4.78 is 0. The molecule has 0 spiro atoms. The lowest BCUT2D eigenvalue weighted by Gasteiger charge is -2.37. The number of nitrogens with zero attached hydrogens (tertiary/aromatic N) is 2. The van der Waals surface area contributed by atoms with Gasteiger partial charge in [0.15, 0.2) is 0 Å². The molecule has 2 rings (SSSR count). The summed E-state index contributed by atoms with van der Waals surface area (Å²) in [6.45, 7) is 15.4. The van der Waals surface area contributed by atoms with Crippen LogP contribution >= 0.6 is 11.8 Å². The molecule has 126 valence electrons. The number of hydrogen-bond acceptors (Lipinski definition) is 3. The molecule has 0 radical (unpaired) electrons. The minimum Gasteiger partial charge on any atom is -0.335 e. The van der Waals surface area contributed by atoms with Crippen molar-refractivity contribution in [2.75, 3.05) is 38.5 Å². The third-order valence-electron chi connectivity index (χ3n) is 4.53. The van der Waals surface area contributed by atoms with Gasteiger partial charge in [0.05, 0.1) is 0 Å². The Morgan fingerprint density at radius 1 is 1.32 bits per heavy atom. The van der Waals surface area contributed by atoms with E-state index in [9.17, 15) is 4.79 Å². The third kappa shape index (κ3) is 5.20. The van der Waals surface area contributed by atoms with Crippen LogP contribution in [0.15, 0.2) is 12.2 Å². The Hall–Kier alpha value is -0.680. The molecule has 2 aliphatic rings. The monoisotopic (exact) mass is 325 g/mol. The van der Waals surface area contributed by atoms with Crippen LogP contribution in [0.3, 0.4) is 0 Å². The summed E-state index contributed by atoms with van der Waals surface area (Å²) >= 11 is 2.01. The molecule has 2 saturated heterocycles. The molecule has 22 heavy (non-hydrogen) atoms. The molecule has 0 aromatic heterocycles. The van der Waals surface area contributed by atoms with Gasteiger partial charge in [-0.2, -0.15) is 11.8 Å². The van der Waals surface area contributed by atoms with E-state index in [2.05, 4.69) is 37.6 Å². The fourth-order valence-corrected chi connectivity index (χ4v) is 4.45. The molecule has 2 aliphatic heterocycles. The Labute approximate surface area is 139 Å². The summed E-state index contributed by atoms with van der Waals surface area (Å²) in [5.41, 5.74) is 1.22. The van der Waals surface area contributed by atoms with Gasteiger partial charge in [0, 0.05) is 49.8 Å². The quantitative estimate of drug-likeness (QED) is 0.807. The van der Waals surface area contributed by atoms with Crippen LogP contribution in [0.1, 0.15) is 33.6 Å². The van der Waals surface area contributed by atoms with Crippen LogP contribution in [0.2, 0.25) is 0 Å². The van der Waals surface area contributed by atoms with E-state index >= 15 is 0 Å². The van der Waals surface area contributed by atoms with Crippen molar-refractivity contribution in [1.82, 2.24) is 15.1 Å². The smallest absolute Gasteiger partial charge is 0.317 e. The number of thioether (sulfide) groups is 1. The number of likely N-dealkylation sites (tertiary alicyclic amines) is 1. The first-order valence-electron chi connectivity index (χ1n) is 8.49. The topological polar surface area (TPSA) is 35.6 Å². The average molecular weight is 326 g/mol. The zero-order chi connectivity index (χ0) is 16.1. The van der Waals surface area contributed by atoms with Crippen molar-refractivity contribution < 1.29 is 4.79 Å². The number of amides is 2. The normalized spacial score (nSPS) is 24.5. The zero-order valence-electron chi connectivity index (χ0n) is 14.3. The average Bonchev–Trinajstić information content (AvgIpc) is 2.49. The van der Waals surface area contributed by atoms with E-state index in [1.807, 2.05) is 16.7 Å². The largest absolute Gasteiger partial charge is 0.335 e. The van der Waals surface area contributed by atoms with E-state index in [0.717, 1.165) is 51.3 Å². The molecule has 2 fully saturated rings. The summed E-state index contributed by atoms with van der Waals surface area (Å²) in [4.78, 5) is 16.9. The van der Waals surface area contributed by atoms with E-state index < -0.39 is 0 Å². The molecular formula is C17H31N3OS. The molecule has 1 unspecified atom stereocenters. The molecule has 0 saturated carbocycles. The Bertz CT molecular complexity index is 391. The number of carbonyl (C=O) groups excluding carboxylic acids is 1. The first-order chi connectivity index (χ1) is 10.5. The van der Waals surface area contributed by atoms with E-state index in [1.165, 1.54) is 5.57 Å². The van der Waals surface area contributed by atoms with Gasteiger partial charge in [-0.25, -0.2) is 4.79 Å². The predicted octanol–water partition coefficient (Wildman–Crippen LogP) is 2.81. The van der Waals surface area contributed by atoms with Gasteiger partial charge in [-0.3, -0.25) is 4.90 Å². The second-order valence-electron chi connectivity index (χ2n) is 7.06. The van der Waals surface area contributed by atoms with Crippen LogP contribution in [0, 0.1) is 5.92 Å². The van der Waals surface area contributed by atoms with Crippen molar-refractivity contribution in [1.29, 1.82) is 0 Å². The van der Waals surface area contributed by atoms with Gasteiger partial charge in [0.1, 0.15) is 0 Å². The summed E-state index contributed by atoms with van der Waals surface area (Å²) in [6, 6.07) is 0.477. The lowest BCUT2D eigenvalue weighted by molar-refractivity contribution is 0.175. The number of rotatable bonds is 4. The molecule has 2 heterocycles. The van der Waals surface area contributed by atoms with E-state index in [-0.39, 0.29) is 6.03 Å². The second-order valence-corrected chi connectivity index (χ2v) is 8.40. The van der Waals surface area contributed by atoms with Crippen molar-refractivity contribution in [3.63, 3.8) is 0 Å². The van der Waals surface area contributed by atoms with Gasteiger partial charge >= 0.3 is 6.03 Å². The van der Waals surface area contributed by atoms with E-state index in [1.54, 1.807) is 0 Å². The highest BCUT2D eigenvalue weighted by atomic mass is 32.2. The van der Waals surface area contributed by atoms with Crippen molar-refractivity contribution >= 4 is 17.8 Å². The fourth-order valence-electron chi connectivity index (χ4n) is 3.15.